The molecular formula is C10H6Cl2N4O2. The van der Waals surface area contributed by atoms with Gasteiger partial charge in [-0.2, -0.15) is 0 Å². The molecule has 2 aromatic heterocycles. The predicted molar refractivity (Wildman–Crippen MR) is 65.9 cm³/mol. The number of hydrogen-bond donors (Lipinski definition) is 2. The molecule has 2 heterocycles. The maximum Gasteiger partial charge on any atom is 0.278 e. The van der Waals surface area contributed by atoms with Gasteiger partial charge in [0.15, 0.2) is 16.0 Å². The normalized spacial score (nSPS) is 10.1. The second-order valence-electron chi connectivity index (χ2n) is 3.16. The van der Waals surface area contributed by atoms with Crippen LogP contribution in [0.1, 0.15) is 10.5 Å². The molecule has 0 unspecified atom stereocenters. The van der Waals surface area contributed by atoms with Gasteiger partial charge < -0.3 is 10.4 Å². The molecule has 6 nitrogen and oxygen atoms in total. The van der Waals surface area contributed by atoms with E-state index in [9.17, 15) is 9.90 Å². The third kappa shape index (κ3) is 2.49. The molecular weight excluding hydrogens is 279 g/mol. The van der Waals surface area contributed by atoms with Gasteiger partial charge in [0.25, 0.3) is 5.91 Å². The fourth-order valence-corrected chi connectivity index (χ4v) is 1.60. The molecule has 2 rings (SSSR count). The van der Waals surface area contributed by atoms with Crippen molar-refractivity contribution in [3.8, 4) is 5.75 Å². The Labute approximate surface area is 112 Å². The van der Waals surface area contributed by atoms with Gasteiger partial charge >= 0.3 is 0 Å². The number of aromatic hydroxyl groups is 1. The van der Waals surface area contributed by atoms with Crippen LogP contribution in [-0.2, 0) is 0 Å². The van der Waals surface area contributed by atoms with E-state index >= 15 is 0 Å². The number of rotatable bonds is 2. The van der Waals surface area contributed by atoms with Crippen molar-refractivity contribution in [1.82, 2.24) is 15.0 Å². The molecule has 0 spiro atoms. The van der Waals surface area contributed by atoms with Gasteiger partial charge in [-0.05, 0) is 12.1 Å². The van der Waals surface area contributed by atoms with E-state index in [0.717, 1.165) is 0 Å². The largest absolute Gasteiger partial charge is 0.505 e. The quantitative estimate of drug-likeness (QED) is 0.825. The highest BCUT2D eigenvalue weighted by atomic mass is 35.5. The van der Waals surface area contributed by atoms with Gasteiger partial charge in [-0.3, -0.25) is 4.79 Å². The van der Waals surface area contributed by atoms with Gasteiger partial charge in [0.1, 0.15) is 17.8 Å². The number of anilines is 1. The predicted octanol–water partition coefficient (Wildman–Crippen LogP) is 2.14. The first kappa shape index (κ1) is 12.5. The maximum atomic E-state index is 11.8. The summed E-state index contributed by atoms with van der Waals surface area (Å²) < 4.78 is 0. The van der Waals surface area contributed by atoms with Crippen LogP contribution in [-0.4, -0.2) is 26.0 Å². The van der Waals surface area contributed by atoms with Crippen molar-refractivity contribution in [2.75, 3.05) is 5.32 Å². The van der Waals surface area contributed by atoms with E-state index in [-0.39, 0.29) is 27.4 Å². The number of nitrogens with one attached hydrogen (secondary N) is 1. The van der Waals surface area contributed by atoms with E-state index in [1.165, 1.54) is 24.7 Å². The second kappa shape index (κ2) is 5.16. The Hall–Kier alpha value is -1.92. The Bertz CT molecular complexity index is 586. The van der Waals surface area contributed by atoms with Gasteiger partial charge in [0.05, 0.1) is 0 Å². The second-order valence-corrected chi connectivity index (χ2v) is 3.87. The van der Waals surface area contributed by atoms with Crippen molar-refractivity contribution >= 4 is 34.8 Å². The summed E-state index contributed by atoms with van der Waals surface area (Å²) in [6.45, 7) is 0. The van der Waals surface area contributed by atoms with Crippen LogP contribution >= 0.6 is 23.2 Å². The van der Waals surface area contributed by atoms with Crippen LogP contribution < -0.4 is 5.32 Å². The monoisotopic (exact) mass is 284 g/mol. The SMILES string of the molecule is O=C(Nc1c(Cl)ncnc1Cl)c1ncccc1O. The lowest BCUT2D eigenvalue weighted by atomic mass is 10.3. The van der Waals surface area contributed by atoms with Crippen LogP contribution in [0, 0.1) is 0 Å². The molecule has 0 atom stereocenters. The van der Waals surface area contributed by atoms with Crippen molar-refractivity contribution in [1.29, 1.82) is 0 Å². The fraction of sp³-hybridized carbons (Fsp3) is 0. The molecule has 2 aromatic rings. The summed E-state index contributed by atoms with van der Waals surface area (Å²) in [6, 6.07) is 2.84. The first-order chi connectivity index (χ1) is 8.59. The fourth-order valence-electron chi connectivity index (χ4n) is 1.19. The highest BCUT2D eigenvalue weighted by Gasteiger charge is 2.16. The first-order valence-corrected chi connectivity index (χ1v) is 5.46. The minimum absolute atomic E-state index is 0.00114. The van der Waals surface area contributed by atoms with Gasteiger partial charge in [0.2, 0.25) is 0 Å². The Balaban J connectivity index is 2.30. The van der Waals surface area contributed by atoms with Crippen molar-refractivity contribution in [3.05, 3.63) is 40.7 Å². The minimum atomic E-state index is -0.660. The number of amides is 1. The zero-order chi connectivity index (χ0) is 13.1. The minimum Gasteiger partial charge on any atom is -0.505 e. The summed E-state index contributed by atoms with van der Waals surface area (Å²) in [5.41, 5.74) is -0.0793. The highest BCUT2D eigenvalue weighted by molar-refractivity contribution is 6.38. The summed E-state index contributed by atoms with van der Waals surface area (Å²) in [6.07, 6.45) is 2.54. The smallest absolute Gasteiger partial charge is 0.278 e. The molecule has 8 heteroatoms. The lowest BCUT2D eigenvalue weighted by molar-refractivity contribution is 0.101. The molecule has 0 radical (unpaired) electrons. The highest BCUT2D eigenvalue weighted by Crippen LogP contribution is 2.26. The van der Waals surface area contributed by atoms with E-state index in [0.29, 0.717) is 0 Å². The topological polar surface area (TPSA) is 88.0 Å². The van der Waals surface area contributed by atoms with Crippen molar-refractivity contribution in [3.63, 3.8) is 0 Å². The number of hydrogen-bond acceptors (Lipinski definition) is 5. The Kier molecular flexibility index (Phi) is 3.59. The zero-order valence-corrected chi connectivity index (χ0v) is 10.3. The lowest BCUT2D eigenvalue weighted by Gasteiger charge is -2.07. The van der Waals surface area contributed by atoms with Gasteiger partial charge in [-0.15, -0.1) is 0 Å². The van der Waals surface area contributed by atoms with Crippen molar-refractivity contribution < 1.29 is 9.90 Å². The van der Waals surface area contributed by atoms with E-state index in [1.807, 2.05) is 0 Å². The first-order valence-electron chi connectivity index (χ1n) is 4.71. The van der Waals surface area contributed by atoms with Crippen LogP contribution in [0.3, 0.4) is 0 Å². The van der Waals surface area contributed by atoms with E-state index in [2.05, 4.69) is 20.3 Å². The molecule has 0 aliphatic heterocycles. The van der Waals surface area contributed by atoms with Gasteiger partial charge in [-0.25, -0.2) is 15.0 Å². The summed E-state index contributed by atoms with van der Waals surface area (Å²) >= 11 is 11.5. The van der Waals surface area contributed by atoms with Crippen LogP contribution in [0.25, 0.3) is 0 Å². The molecule has 0 saturated carbocycles. The summed E-state index contributed by atoms with van der Waals surface area (Å²) in [7, 11) is 0. The number of carbonyl (C=O) groups excluding carboxylic acids is 1. The average Bonchev–Trinajstić information content (AvgIpc) is 2.34. The Morgan fingerprint density at radius 2 is 1.89 bits per heavy atom. The number of halogens is 2. The Morgan fingerprint density at radius 1 is 1.22 bits per heavy atom. The standard InChI is InChI=1S/C10H6Cl2N4O2/c11-8-7(9(12)15-4-14-8)16-10(18)6-5(17)2-1-3-13-6/h1-4,17H,(H,16,18). The summed E-state index contributed by atoms with van der Waals surface area (Å²) in [5.74, 6) is -0.911. The van der Waals surface area contributed by atoms with E-state index in [1.54, 1.807) is 0 Å². The molecule has 2 N–H and O–H groups in total. The summed E-state index contributed by atoms with van der Waals surface area (Å²) in [5, 5.41) is 11.9. The molecule has 0 aliphatic carbocycles. The molecule has 92 valence electrons. The maximum absolute atomic E-state index is 11.8. The molecule has 0 bridgehead atoms. The number of nitrogens with zero attached hydrogens (tertiary/aromatic N) is 3. The molecule has 0 aromatic carbocycles. The third-order valence-electron chi connectivity index (χ3n) is 1.99. The van der Waals surface area contributed by atoms with Gasteiger partial charge in [0, 0.05) is 6.20 Å². The van der Waals surface area contributed by atoms with Gasteiger partial charge in [-0.1, -0.05) is 23.2 Å². The van der Waals surface area contributed by atoms with Crippen molar-refractivity contribution in [2.24, 2.45) is 0 Å². The number of aromatic nitrogens is 3. The Morgan fingerprint density at radius 3 is 2.50 bits per heavy atom. The van der Waals surface area contributed by atoms with Crippen LogP contribution in [0.5, 0.6) is 5.75 Å². The van der Waals surface area contributed by atoms with Crippen LogP contribution in [0.4, 0.5) is 5.69 Å². The van der Waals surface area contributed by atoms with E-state index in [4.69, 9.17) is 23.2 Å². The van der Waals surface area contributed by atoms with E-state index < -0.39 is 5.91 Å². The molecule has 1 amide bonds. The van der Waals surface area contributed by atoms with Crippen LogP contribution in [0.2, 0.25) is 10.3 Å². The molecule has 0 fully saturated rings. The summed E-state index contributed by atoms with van der Waals surface area (Å²) in [4.78, 5) is 22.9. The molecule has 18 heavy (non-hydrogen) atoms. The number of carbonyl (C=O) groups is 1. The van der Waals surface area contributed by atoms with Crippen LogP contribution in [0.15, 0.2) is 24.7 Å². The lowest BCUT2D eigenvalue weighted by Crippen LogP contribution is -2.15. The third-order valence-corrected chi connectivity index (χ3v) is 2.57. The van der Waals surface area contributed by atoms with Crippen molar-refractivity contribution in [2.45, 2.75) is 0 Å². The molecule has 0 saturated heterocycles. The average molecular weight is 285 g/mol. The number of pyridine rings is 1. The zero-order valence-electron chi connectivity index (χ0n) is 8.76. The molecule has 0 aliphatic rings.